The van der Waals surface area contributed by atoms with E-state index in [1.807, 2.05) is 0 Å². The first kappa shape index (κ1) is 24.2. The van der Waals surface area contributed by atoms with Crippen LogP contribution in [0.5, 0.6) is 5.75 Å². The quantitative estimate of drug-likeness (QED) is 0.358. The fourth-order valence-corrected chi connectivity index (χ4v) is 3.77. The van der Waals surface area contributed by atoms with Gasteiger partial charge in [-0.2, -0.15) is 0 Å². The minimum Gasteiger partial charge on any atom is -0.508 e. The largest absolute Gasteiger partial charge is 0.508 e. The zero-order chi connectivity index (χ0) is 24.8. The first-order valence-electron chi connectivity index (χ1n) is 10.4. The molecule has 0 saturated carbocycles. The molecule has 0 aromatic heterocycles. The molecule has 0 amide bonds. The number of benzene rings is 2. The normalized spacial score (nSPS) is 15.8. The Morgan fingerprint density at radius 1 is 1.09 bits per heavy atom. The molecule has 0 aliphatic carbocycles. The van der Waals surface area contributed by atoms with Crippen LogP contribution in [0.15, 0.2) is 77.1 Å². The van der Waals surface area contributed by atoms with Crippen molar-refractivity contribution in [3.8, 4) is 5.75 Å². The molecule has 1 atom stereocenters. The second kappa shape index (κ2) is 10.5. The summed E-state index contributed by atoms with van der Waals surface area (Å²) < 4.78 is 10.4. The fourth-order valence-electron chi connectivity index (χ4n) is 3.77. The Hall–Kier alpha value is -4.40. The van der Waals surface area contributed by atoms with Crippen molar-refractivity contribution in [1.29, 1.82) is 0 Å². The number of aromatic hydroxyl groups is 1. The van der Waals surface area contributed by atoms with Crippen molar-refractivity contribution >= 4 is 23.7 Å². The Kier molecular flexibility index (Phi) is 7.47. The molecule has 2 aromatic carbocycles. The van der Waals surface area contributed by atoms with Crippen LogP contribution in [-0.4, -0.2) is 35.7 Å². The SMILES string of the molecule is COC(=O)C1=C(C)NC(C)=C(C(=O)OC/C=C/c2ccc(O)cc2)C1c1cccc([N+](=O)[O-])c1. The van der Waals surface area contributed by atoms with Crippen molar-refractivity contribution in [1.82, 2.24) is 5.32 Å². The fraction of sp³-hybridized carbons (Fsp3) is 0.200. The summed E-state index contributed by atoms with van der Waals surface area (Å²) in [6, 6.07) is 12.3. The van der Waals surface area contributed by atoms with E-state index < -0.39 is 22.8 Å². The molecule has 0 saturated heterocycles. The number of ether oxygens (including phenoxy) is 2. The highest BCUT2D eigenvalue weighted by atomic mass is 16.6. The van der Waals surface area contributed by atoms with Crippen LogP contribution in [0, 0.1) is 10.1 Å². The summed E-state index contributed by atoms with van der Waals surface area (Å²) in [5, 5.41) is 23.7. The van der Waals surface area contributed by atoms with E-state index in [9.17, 15) is 24.8 Å². The van der Waals surface area contributed by atoms with Gasteiger partial charge in [0, 0.05) is 23.5 Å². The van der Waals surface area contributed by atoms with Gasteiger partial charge in [0.25, 0.3) is 5.69 Å². The number of methoxy groups -OCH3 is 1. The van der Waals surface area contributed by atoms with E-state index in [2.05, 4.69) is 5.32 Å². The lowest BCUT2D eigenvalue weighted by molar-refractivity contribution is -0.384. The predicted molar refractivity (Wildman–Crippen MR) is 124 cm³/mol. The molecule has 1 aliphatic rings. The lowest BCUT2D eigenvalue weighted by Gasteiger charge is -2.30. The van der Waals surface area contributed by atoms with Crippen molar-refractivity contribution in [2.75, 3.05) is 13.7 Å². The van der Waals surface area contributed by atoms with Gasteiger partial charge in [-0.25, -0.2) is 9.59 Å². The Morgan fingerprint density at radius 2 is 1.74 bits per heavy atom. The number of nitro benzene ring substituents is 1. The highest BCUT2D eigenvalue weighted by molar-refractivity contribution is 6.00. The van der Waals surface area contributed by atoms with E-state index in [1.165, 1.54) is 25.3 Å². The Balaban J connectivity index is 1.92. The lowest BCUT2D eigenvalue weighted by atomic mass is 9.80. The van der Waals surface area contributed by atoms with Gasteiger partial charge in [0.1, 0.15) is 12.4 Å². The van der Waals surface area contributed by atoms with Gasteiger partial charge in [-0.05, 0) is 43.2 Å². The van der Waals surface area contributed by atoms with E-state index >= 15 is 0 Å². The third-order valence-electron chi connectivity index (χ3n) is 5.31. The molecule has 1 aliphatic heterocycles. The summed E-state index contributed by atoms with van der Waals surface area (Å²) in [5.41, 5.74) is 2.30. The van der Waals surface area contributed by atoms with Gasteiger partial charge in [0.15, 0.2) is 0 Å². The Bertz CT molecular complexity index is 1210. The number of carbonyl (C=O) groups excluding carboxylic acids is 2. The molecular weight excluding hydrogens is 440 g/mol. The molecule has 2 aromatic rings. The Labute approximate surface area is 196 Å². The van der Waals surface area contributed by atoms with E-state index in [0.29, 0.717) is 17.0 Å². The number of dihydropyridines is 1. The smallest absolute Gasteiger partial charge is 0.337 e. The van der Waals surface area contributed by atoms with Crippen molar-refractivity contribution in [2.45, 2.75) is 19.8 Å². The monoisotopic (exact) mass is 464 g/mol. The summed E-state index contributed by atoms with van der Waals surface area (Å²) in [6.45, 7) is 3.29. The van der Waals surface area contributed by atoms with Crippen molar-refractivity contribution < 1.29 is 29.1 Å². The zero-order valence-corrected chi connectivity index (χ0v) is 18.9. The highest BCUT2D eigenvalue weighted by Crippen LogP contribution is 2.40. The number of carbonyl (C=O) groups is 2. The van der Waals surface area contributed by atoms with Gasteiger partial charge >= 0.3 is 11.9 Å². The van der Waals surface area contributed by atoms with Crippen molar-refractivity contribution in [2.24, 2.45) is 0 Å². The number of hydrogen-bond donors (Lipinski definition) is 2. The summed E-state index contributed by atoms with van der Waals surface area (Å²) in [7, 11) is 1.23. The summed E-state index contributed by atoms with van der Waals surface area (Å²) in [5.74, 6) is -2.10. The van der Waals surface area contributed by atoms with Crippen LogP contribution in [0.3, 0.4) is 0 Å². The molecule has 3 rings (SSSR count). The van der Waals surface area contributed by atoms with Crippen molar-refractivity contribution in [3.63, 3.8) is 0 Å². The maximum atomic E-state index is 13.1. The number of hydrogen-bond acceptors (Lipinski definition) is 8. The van der Waals surface area contributed by atoms with Gasteiger partial charge in [-0.15, -0.1) is 0 Å². The molecule has 9 nitrogen and oxygen atoms in total. The van der Waals surface area contributed by atoms with Crippen LogP contribution in [0.1, 0.15) is 30.9 Å². The molecule has 2 N–H and O–H groups in total. The maximum absolute atomic E-state index is 13.1. The summed E-state index contributed by atoms with van der Waals surface area (Å²) in [6.07, 6.45) is 3.37. The van der Waals surface area contributed by atoms with Crippen LogP contribution in [0.25, 0.3) is 6.08 Å². The number of allylic oxidation sites excluding steroid dienone is 2. The average Bonchev–Trinajstić information content (AvgIpc) is 2.82. The average molecular weight is 464 g/mol. The van der Waals surface area contributed by atoms with Gasteiger partial charge < -0.3 is 19.9 Å². The lowest BCUT2D eigenvalue weighted by Crippen LogP contribution is -2.32. The van der Waals surface area contributed by atoms with Gasteiger partial charge in [-0.1, -0.05) is 30.3 Å². The van der Waals surface area contributed by atoms with E-state index in [-0.39, 0.29) is 29.2 Å². The van der Waals surface area contributed by atoms with E-state index in [4.69, 9.17) is 9.47 Å². The summed E-state index contributed by atoms with van der Waals surface area (Å²) in [4.78, 5) is 36.6. The molecule has 0 fully saturated rings. The summed E-state index contributed by atoms with van der Waals surface area (Å²) >= 11 is 0. The van der Waals surface area contributed by atoms with Crippen LogP contribution in [0.2, 0.25) is 0 Å². The molecule has 176 valence electrons. The van der Waals surface area contributed by atoms with Crippen LogP contribution >= 0.6 is 0 Å². The number of rotatable bonds is 7. The molecule has 0 radical (unpaired) electrons. The van der Waals surface area contributed by atoms with Gasteiger partial charge in [0.2, 0.25) is 0 Å². The second-order valence-corrected chi connectivity index (χ2v) is 7.57. The number of esters is 2. The number of nitrogens with zero attached hydrogens (tertiary/aromatic N) is 1. The molecule has 1 unspecified atom stereocenters. The number of non-ortho nitro benzene ring substituents is 1. The second-order valence-electron chi connectivity index (χ2n) is 7.57. The maximum Gasteiger partial charge on any atom is 0.337 e. The highest BCUT2D eigenvalue weighted by Gasteiger charge is 2.38. The van der Waals surface area contributed by atoms with Crippen LogP contribution in [-0.2, 0) is 19.1 Å². The first-order valence-corrected chi connectivity index (χ1v) is 10.4. The number of nitrogens with one attached hydrogen (secondary N) is 1. The topological polar surface area (TPSA) is 128 Å². The molecule has 9 heteroatoms. The third-order valence-corrected chi connectivity index (χ3v) is 5.31. The standard InChI is InChI=1S/C25H24N2O7/c1-15-21(24(29)33-3)23(18-7-4-8-19(14-18)27(31)32)22(16(2)26-15)25(30)34-13-5-6-17-9-11-20(28)12-10-17/h4-12,14,23,26,28H,13H2,1-3H3/b6-5+. The molecule has 1 heterocycles. The number of phenolic OH excluding ortho intramolecular Hbond substituents is 1. The van der Waals surface area contributed by atoms with Gasteiger partial charge in [0.05, 0.1) is 29.1 Å². The predicted octanol–water partition coefficient (Wildman–Crippen LogP) is 3.96. The van der Waals surface area contributed by atoms with Crippen LogP contribution < -0.4 is 5.32 Å². The minimum atomic E-state index is -0.915. The first-order chi connectivity index (χ1) is 16.2. The van der Waals surface area contributed by atoms with E-state index in [0.717, 1.165) is 5.56 Å². The zero-order valence-electron chi connectivity index (χ0n) is 18.9. The third kappa shape index (κ3) is 5.32. The van der Waals surface area contributed by atoms with Crippen LogP contribution in [0.4, 0.5) is 5.69 Å². The molecular formula is C25H24N2O7. The van der Waals surface area contributed by atoms with E-state index in [1.54, 1.807) is 56.3 Å². The Morgan fingerprint density at radius 3 is 2.35 bits per heavy atom. The molecule has 0 bridgehead atoms. The molecule has 0 spiro atoms. The minimum absolute atomic E-state index is 0.0472. The number of phenols is 1. The molecule has 34 heavy (non-hydrogen) atoms. The number of nitro groups is 1. The van der Waals surface area contributed by atoms with Crippen molar-refractivity contribution in [3.05, 3.63) is 98.4 Å². The van der Waals surface area contributed by atoms with Gasteiger partial charge in [-0.3, -0.25) is 10.1 Å².